The van der Waals surface area contributed by atoms with Gasteiger partial charge in [-0.25, -0.2) is 0 Å². The highest BCUT2D eigenvalue weighted by Crippen LogP contribution is 2.49. The van der Waals surface area contributed by atoms with E-state index in [0.29, 0.717) is 24.4 Å². The number of hydrogen-bond donors (Lipinski definition) is 0. The summed E-state index contributed by atoms with van der Waals surface area (Å²) in [5.41, 5.74) is 0. The molecule has 0 spiro atoms. The van der Waals surface area contributed by atoms with Crippen LogP contribution >= 0.6 is 0 Å². The second kappa shape index (κ2) is 8.92. The highest BCUT2D eigenvalue weighted by atomic mass is 16.5. The van der Waals surface area contributed by atoms with Crippen molar-refractivity contribution < 1.29 is 14.2 Å². The van der Waals surface area contributed by atoms with Crippen molar-refractivity contribution >= 4 is 0 Å². The third-order valence-electron chi connectivity index (χ3n) is 8.39. The summed E-state index contributed by atoms with van der Waals surface area (Å²) in [6.45, 7) is 0. The minimum absolute atomic E-state index is 0.498. The van der Waals surface area contributed by atoms with E-state index in [0.717, 1.165) is 23.7 Å². The van der Waals surface area contributed by atoms with Gasteiger partial charge in [0.15, 0.2) is 0 Å². The molecule has 0 radical (unpaired) electrons. The zero-order chi connectivity index (χ0) is 17.9. The first-order chi connectivity index (χ1) is 12.8. The van der Waals surface area contributed by atoms with Gasteiger partial charge in [-0.1, -0.05) is 12.8 Å². The molecule has 26 heavy (non-hydrogen) atoms. The molecule has 0 aromatic rings. The van der Waals surface area contributed by atoms with Crippen molar-refractivity contribution in [1.29, 1.82) is 0 Å². The van der Waals surface area contributed by atoms with Gasteiger partial charge < -0.3 is 14.2 Å². The maximum atomic E-state index is 6.80. The minimum atomic E-state index is 0.498. The average molecular weight is 365 g/mol. The van der Waals surface area contributed by atoms with Crippen LogP contribution in [0.25, 0.3) is 0 Å². The first-order valence-electron chi connectivity index (χ1n) is 11.5. The summed E-state index contributed by atoms with van der Waals surface area (Å²) < 4.78 is 18.0. The predicted molar refractivity (Wildman–Crippen MR) is 104 cm³/mol. The van der Waals surface area contributed by atoms with Gasteiger partial charge in [-0.15, -0.1) is 0 Å². The summed E-state index contributed by atoms with van der Waals surface area (Å²) in [6.07, 6.45) is 19.4. The van der Waals surface area contributed by atoms with Crippen LogP contribution in [0, 0.1) is 23.7 Å². The van der Waals surface area contributed by atoms with E-state index >= 15 is 0 Å². The van der Waals surface area contributed by atoms with Crippen molar-refractivity contribution in [3.63, 3.8) is 0 Å². The Bertz CT molecular complexity index is 423. The van der Waals surface area contributed by atoms with Crippen LogP contribution in [0.1, 0.15) is 83.5 Å². The van der Waals surface area contributed by atoms with Crippen molar-refractivity contribution in [3.05, 3.63) is 0 Å². The standard InChI is InChI=1S/C23H40O3/c1-24-18-11-7-16(8-12-18)21-15-23(17-9-13-19(25-2)14-10-17)26-22-6-4-3-5-20(21)22/h16-23H,3-15H2,1-2H3. The summed E-state index contributed by atoms with van der Waals surface area (Å²) in [4.78, 5) is 0. The molecule has 4 rings (SSSR count). The van der Waals surface area contributed by atoms with Gasteiger partial charge in [-0.2, -0.15) is 0 Å². The lowest BCUT2D eigenvalue weighted by molar-refractivity contribution is -0.163. The number of fused-ring (bicyclic) bond motifs is 1. The van der Waals surface area contributed by atoms with E-state index < -0.39 is 0 Å². The first kappa shape index (κ1) is 19.2. The Morgan fingerprint density at radius 1 is 0.577 bits per heavy atom. The minimum Gasteiger partial charge on any atom is -0.381 e. The molecule has 1 heterocycles. The van der Waals surface area contributed by atoms with E-state index in [9.17, 15) is 0 Å². The molecule has 0 aromatic heterocycles. The van der Waals surface area contributed by atoms with Gasteiger partial charge in [0.1, 0.15) is 0 Å². The molecule has 4 unspecified atom stereocenters. The fourth-order valence-corrected chi connectivity index (χ4v) is 6.80. The van der Waals surface area contributed by atoms with Crippen LogP contribution in [0.15, 0.2) is 0 Å². The van der Waals surface area contributed by atoms with Crippen LogP contribution in [0.3, 0.4) is 0 Å². The Morgan fingerprint density at radius 3 is 1.77 bits per heavy atom. The van der Waals surface area contributed by atoms with Crippen LogP contribution in [-0.4, -0.2) is 38.6 Å². The Hall–Kier alpha value is -0.120. The maximum Gasteiger partial charge on any atom is 0.0610 e. The van der Waals surface area contributed by atoms with Gasteiger partial charge in [-0.3, -0.25) is 0 Å². The molecule has 0 N–H and O–H groups in total. The third kappa shape index (κ3) is 4.15. The van der Waals surface area contributed by atoms with Gasteiger partial charge in [-0.05, 0) is 94.3 Å². The second-order valence-electron chi connectivity index (χ2n) is 9.61. The largest absolute Gasteiger partial charge is 0.381 e. The van der Waals surface area contributed by atoms with Crippen LogP contribution in [0.5, 0.6) is 0 Å². The first-order valence-corrected chi connectivity index (χ1v) is 11.5. The molecule has 4 aliphatic rings. The van der Waals surface area contributed by atoms with Crippen molar-refractivity contribution in [2.75, 3.05) is 14.2 Å². The van der Waals surface area contributed by atoms with Crippen LogP contribution in [0.2, 0.25) is 0 Å². The Morgan fingerprint density at radius 2 is 1.15 bits per heavy atom. The smallest absolute Gasteiger partial charge is 0.0610 e. The lowest BCUT2D eigenvalue weighted by atomic mass is 9.63. The molecular formula is C23H40O3. The van der Waals surface area contributed by atoms with E-state index in [2.05, 4.69) is 0 Å². The lowest BCUT2D eigenvalue weighted by Crippen LogP contribution is -2.48. The fourth-order valence-electron chi connectivity index (χ4n) is 6.80. The Balaban J connectivity index is 1.42. The quantitative estimate of drug-likeness (QED) is 0.672. The van der Waals surface area contributed by atoms with Crippen molar-refractivity contribution in [2.24, 2.45) is 23.7 Å². The molecule has 0 bridgehead atoms. The van der Waals surface area contributed by atoms with E-state index in [1.807, 2.05) is 14.2 Å². The van der Waals surface area contributed by atoms with Gasteiger partial charge >= 0.3 is 0 Å². The molecule has 4 fully saturated rings. The average Bonchev–Trinajstić information content (AvgIpc) is 2.73. The SMILES string of the molecule is COC1CCC(C2CC(C3CCC(OC)CC3)C3CCCCC3O2)CC1. The van der Waals surface area contributed by atoms with E-state index in [4.69, 9.17) is 14.2 Å². The van der Waals surface area contributed by atoms with Gasteiger partial charge in [0.05, 0.1) is 24.4 Å². The highest BCUT2D eigenvalue weighted by molar-refractivity contribution is 4.95. The molecule has 0 amide bonds. The van der Waals surface area contributed by atoms with E-state index in [-0.39, 0.29) is 0 Å². The zero-order valence-corrected chi connectivity index (χ0v) is 17.0. The molecular weight excluding hydrogens is 324 g/mol. The predicted octanol–water partition coefficient (Wildman–Crippen LogP) is 5.36. The van der Waals surface area contributed by atoms with E-state index in [1.165, 1.54) is 83.5 Å². The van der Waals surface area contributed by atoms with Crippen LogP contribution in [0.4, 0.5) is 0 Å². The molecule has 0 aromatic carbocycles. The molecule has 3 aliphatic carbocycles. The summed E-state index contributed by atoms with van der Waals surface area (Å²) in [6, 6.07) is 0. The van der Waals surface area contributed by atoms with Crippen LogP contribution < -0.4 is 0 Å². The van der Waals surface area contributed by atoms with Crippen LogP contribution in [-0.2, 0) is 14.2 Å². The topological polar surface area (TPSA) is 27.7 Å². The number of rotatable bonds is 4. The summed E-state index contributed by atoms with van der Waals surface area (Å²) in [5.74, 6) is 3.47. The molecule has 150 valence electrons. The monoisotopic (exact) mass is 364 g/mol. The number of ether oxygens (including phenoxy) is 3. The van der Waals surface area contributed by atoms with Gasteiger partial charge in [0, 0.05) is 14.2 Å². The lowest BCUT2D eigenvalue weighted by Gasteiger charge is -2.50. The highest BCUT2D eigenvalue weighted by Gasteiger charge is 2.45. The number of methoxy groups -OCH3 is 2. The molecule has 3 nitrogen and oxygen atoms in total. The second-order valence-corrected chi connectivity index (χ2v) is 9.61. The third-order valence-corrected chi connectivity index (χ3v) is 8.39. The maximum absolute atomic E-state index is 6.80. The van der Waals surface area contributed by atoms with Crippen molar-refractivity contribution in [3.8, 4) is 0 Å². The van der Waals surface area contributed by atoms with E-state index in [1.54, 1.807) is 0 Å². The molecule has 4 atom stereocenters. The molecule has 1 aliphatic heterocycles. The summed E-state index contributed by atoms with van der Waals surface area (Å²) in [5, 5.41) is 0. The zero-order valence-electron chi connectivity index (χ0n) is 17.0. The molecule has 1 saturated heterocycles. The number of hydrogen-bond acceptors (Lipinski definition) is 3. The summed E-state index contributed by atoms with van der Waals surface area (Å²) in [7, 11) is 3.77. The Labute approximate surface area is 160 Å². The molecule has 3 saturated carbocycles. The molecule has 3 heteroatoms. The normalized spacial score (nSPS) is 47.3. The van der Waals surface area contributed by atoms with Gasteiger partial charge in [0.25, 0.3) is 0 Å². The Kier molecular flexibility index (Phi) is 6.59. The van der Waals surface area contributed by atoms with Gasteiger partial charge in [0.2, 0.25) is 0 Å². The summed E-state index contributed by atoms with van der Waals surface area (Å²) >= 11 is 0. The van der Waals surface area contributed by atoms with Crippen molar-refractivity contribution in [2.45, 2.75) is 108 Å². The fraction of sp³-hybridized carbons (Fsp3) is 1.00. The van der Waals surface area contributed by atoms with Crippen molar-refractivity contribution in [1.82, 2.24) is 0 Å².